The van der Waals surface area contributed by atoms with E-state index in [0.717, 1.165) is 51.6 Å². The number of nitrogens with one attached hydrogen (secondary N) is 1. The summed E-state index contributed by atoms with van der Waals surface area (Å²) in [5.41, 5.74) is 0. The lowest BCUT2D eigenvalue weighted by molar-refractivity contribution is -0.655. The zero-order valence-corrected chi connectivity index (χ0v) is 11.8. The fourth-order valence-corrected chi connectivity index (χ4v) is 1.74. The molecule has 19 heavy (non-hydrogen) atoms. The molecule has 112 valence electrons. The highest BCUT2D eigenvalue weighted by Crippen LogP contribution is 1.97. The molecular weight excluding hydrogens is 248 g/mol. The zero-order chi connectivity index (χ0) is 14.3. The van der Waals surface area contributed by atoms with Crippen LogP contribution in [0.3, 0.4) is 0 Å². The van der Waals surface area contributed by atoms with E-state index in [1.807, 2.05) is 0 Å². The van der Waals surface area contributed by atoms with E-state index in [1.54, 1.807) is 0 Å². The molecule has 0 heterocycles. The second kappa shape index (κ2) is 13.1. The molecule has 0 bridgehead atoms. The van der Waals surface area contributed by atoms with Crippen molar-refractivity contribution in [1.29, 1.82) is 0 Å². The highest BCUT2D eigenvalue weighted by Gasteiger charge is 1.98. The van der Waals surface area contributed by atoms with Gasteiger partial charge in [-0.25, -0.2) is 4.79 Å². The summed E-state index contributed by atoms with van der Waals surface area (Å²) >= 11 is 0. The topological polar surface area (TPSA) is 92.2 Å². The number of carbonyl (C=O) groups is 2. The molecule has 0 unspecified atom stereocenters. The summed E-state index contributed by atoms with van der Waals surface area (Å²) < 4.78 is 4.46. The van der Waals surface area contributed by atoms with Crippen molar-refractivity contribution in [1.82, 2.24) is 5.32 Å². The number of carbonyl (C=O) groups excluding carboxylic acids is 1. The summed E-state index contributed by atoms with van der Waals surface area (Å²) in [5, 5.41) is 13.4. The van der Waals surface area contributed by atoms with Crippen LogP contribution in [0.15, 0.2) is 0 Å². The Hall–Kier alpha value is -1.30. The number of hydrogen-bond acceptors (Lipinski definition) is 3. The van der Waals surface area contributed by atoms with Crippen LogP contribution in [0.5, 0.6) is 0 Å². The Morgan fingerprint density at radius 2 is 1.68 bits per heavy atom. The van der Waals surface area contributed by atoms with Crippen molar-refractivity contribution in [3.63, 3.8) is 0 Å². The van der Waals surface area contributed by atoms with Crippen LogP contribution in [0, 0.1) is 0 Å². The minimum atomic E-state index is -0.704. The lowest BCUT2D eigenvalue weighted by Crippen LogP contribution is -2.84. The van der Waals surface area contributed by atoms with Crippen molar-refractivity contribution >= 4 is 12.1 Å². The minimum Gasteiger partial charge on any atom is -0.481 e. The number of quaternary nitrogens is 1. The Morgan fingerprint density at radius 1 is 1.05 bits per heavy atom. The molecule has 0 aliphatic carbocycles. The predicted octanol–water partition coefficient (Wildman–Crippen LogP) is 0.721. The van der Waals surface area contributed by atoms with Crippen LogP contribution in [0.25, 0.3) is 0 Å². The number of aliphatic carboxylic acids is 1. The van der Waals surface area contributed by atoms with Gasteiger partial charge in [-0.15, -0.1) is 0 Å². The molecule has 0 aliphatic rings. The SMILES string of the molecule is COC(=O)NCCCCC[NH2+]CCCCCC(=O)O. The Labute approximate surface area is 114 Å². The average molecular weight is 275 g/mol. The lowest BCUT2D eigenvalue weighted by atomic mass is 10.2. The predicted molar refractivity (Wildman–Crippen MR) is 72.0 cm³/mol. The van der Waals surface area contributed by atoms with Crippen LogP contribution in [0.2, 0.25) is 0 Å². The third-order valence-corrected chi connectivity index (χ3v) is 2.84. The van der Waals surface area contributed by atoms with E-state index in [4.69, 9.17) is 5.11 Å². The van der Waals surface area contributed by atoms with Gasteiger partial charge in [-0.1, -0.05) is 0 Å². The van der Waals surface area contributed by atoms with Crippen molar-refractivity contribution in [2.75, 3.05) is 26.7 Å². The largest absolute Gasteiger partial charge is 0.481 e. The molecule has 0 aromatic heterocycles. The quantitative estimate of drug-likeness (QED) is 0.458. The standard InChI is InChI=1S/C13H26N2O4/c1-19-13(18)15-11-7-3-6-10-14-9-5-2-4-8-12(16)17/h14H,2-11H2,1H3,(H,15,18)(H,16,17)/p+1. The van der Waals surface area contributed by atoms with Gasteiger partial charge in [0.05, 0.1) is 20.2 Å². The van der Waals surface area contributed by atoms with Crippen molar-refractivity contribution in [3.8, 4) is 0 Å². The number of methoxy groups -OCH3 is 1. The van der Waals surface area contributed by atoms with Crippen LogP contribution in [0.4, 0.5) is 4.79 Å². The molecule has 6 heteroatoms. The molecule has 0 aliphatic heterocycles. The second-order valence-electron chi connectivity index (χ2n) is 4.55. The molecule has 0 aromatic rings. The van der Waals surface area contributed by atoms with E-state index in [2.05, 4.69) is 15.4 Å². The van der Waals surface area contributed by atoms with E-state index in [9.17, 15) is 9.59 Å². The second-order valence-corrected chi connectivity index (χ2v) is 4.55. The third-order valence-electron chi connectivity index (χ3n) is 2.84. The van der Waals surface area contributed by atoms with Gasteiger partial charge in [0.1, 0.15) is 0 Å². The Morgan fingerprint density at radius 3 is 2.26 bits per heavy atom. The molecule has 6 nitrogen and oxygen atoms in total. The monoisotopic (exact) mass is 275 g/mol. The smallest absolute Gasteiger partial charge is 0.406 e. The number of unbranched alkanes of at least 4 members (excludes halogenated alkanes) is 4. The van der Waals surface area contributed by atoms with E-state index >= 15 is 0 Å². The molecule has 0 saturated carbocycles. The number of rotatable bonds is 12. The molecule has 0 spiro atoms. The fourth-order valence-electron chi connectivity index (χ4n) is 1.74. The van der Waals surface area contributed by atoms with Gasteiger partial charge in [0.15, 0.2) is 0 Å². The zero-order valence-electron chi connectivity index (χ0n) is 11.8. The van der Waals surface area contributed by atoms with Crippen molar-refractivity contribution in [2.24, 2.45) is 0 Å². The van der Waals surface area contributed by atoms with Gasteiger partial charge in [0, 0.05) is 13.0 Å². The fraction of sp³-hybridized carbons (Fsp3) is 0.846. The van der Waals surface area contributed by atoms with E-state index < -0.39 is 5.97 Å². The van der Waals surface area contributed by atoms with Crippen LogP contribution in [-0.4, -0.2) is 43.9 Å². The lowest BCUT2D eigenvalue weighted by Gasteiger charge is -2.03. The maximum atomic E-state index is 10.7. The summed E-state index contributed by atoms with van der Waals surface area (Å²) in [6.45, 7) is 2.83. The number of alkyl carbamates (subject to hydrolysis) is 1. The first kappa shape index (κ1) is 17.7. The minimum absolute atomic E-state index is 0.285. The summed E-state index contributed by atoms with van der Waals surface area (Å²) in [7, 11) is 1.36. The van der Waals surface area contributed by atoms with E-state index in [-0.39, 0.29) is 12.5 Å². The average Bonchev–Trinajstić information content (AvgIpc) is 2.39. The molecular formula is C13H27N2O4+. The molecule has 0 radical (unpaired) electrons. The summed E-state index contributed by atoms with van der Waals surface area (Å²) in [6, 6.07) is 0. The number of hydrogen-bond donors (Lipinski definition) is 3. The molecule has 4 N–H and O–H groups in total. The first-order valence-corrected chi connectivity index (χ1v) is 7.02. The first-order valence-electron chi connectivity index (χ1n) is 7.02. The van der Waals surface area contributed by atoms with E-state index in [0.29, 0.717) is 6.54 Å². The highest BCUT2D eigenvalue weighted by atomic mass is 16.5. The van der Waals surface area contributed by atoms with Gasteiger partial charge in [-0.3, -0.25) is 4.79 Å². The number of carboxylic acids is 1. The van der Waals surface area contributed by atoms with E-state index in [1.165, 1.54) is 7.11 Å². The maximum Gasteiger partial charge on any atom is 0.406 e. The van der Waals surface area contributed by atoms with Crippen molar-refractivity contribution in [3.05, 3.63) is 0 Å². The Balaban J connectivity index is 3.03. The van der Waals surface area contributed by atoms with Crippen LogP contribution in [0.1, 0.15) is 44.9 Å². The number of nitrogens with two attached hydrogens (primary N) is 1. The number of carboxylic acid groups (broad SMARTS) is 1. The van der Waals surface area contributed by atoms with Crippen LogP contribution >= 0.6 is 0 Å². The summed E-state index contributed by atoms with van der Waals surface area (Å²) in [4.78, 5) is 21.0. The van der Waals surface area contributed by atoms with Crippen molar-refractivity contribution < 1.29 is 24.7 Å². The van der Waals surface area contributed by atoms with Gasteiger partial charge in [-0.05, 0) is 38.5 Å². The third kappa shape index (κ3) is 14.6. The van der Waals surface area contributed by atoms with Gasteiger partial charge >= 0.3 is 12.1 Å². The normalized spacial score (nSPS) is 10.2. The molecule has 0 atom stereocenters. The number of ether oxygens (including phenoxy) is 1. The van der Waals surface area contributed by atoms with Gasteiger partial charge in [0.25, 0.3) is 0 Å². The maximum absolute atomic E-state index is 10.7. The van der Waals surface area contributed by atoms with Gasteiger partial charge in [0.2, 0.25) is 0 Å². The van der Waals surface area contributed by atoms with Gasteiger partial charge in [-0.2, -0.15) is 0 Å². The number of amides is 1. The molecule has 0 fully saturated rings. The Kier molecular flexibility index (Phi) is 12.2. The molecule has 0 aromatic carbocycles. The summed E-state index contributed by atoms with van der Waals surface area (Å²) in [5.74, 6) is -0.704. The molecule has 1 amide bonds. The molecule has 0 saturated heterocycles. The highest BCUT2D eigenvalue weighted by molar-refractivity contribution is 5.66. The molecule has 0 rings (SSSR count). The van der Waals surface area contributed by atoms with Gasteiger partial charge < -0.3 is 20.5 Å². The first-order chi connectivity index (χ1) is 9.16. The van der Waals surface area contributed by atoms with Crippen LogP contribution in [-0.2, 0) is 9.53 Å². The summed E-state index contributed by atoms with van der Waals surface area (Å²) in [6.07, 6.45) is 5.98. The van der Waals surface area contributed by atoms with Crippen molar-refractivity contribution in [2.45, 2.75) is 44.9 Å². The Bertz CT molecular complexity index is 247. The van der Waals surface area contributed by atoms with Crippen LogP contribution < -0.4 is 10.6 Å².